The predicted octanol–water partition coefficient (Wildman–Crippen LogP) is 2.70. The van der Waals surface area contributed by atoms with Crippen LogP contribution in [0.2, 0.25) is 0 Å². The number of hydrogen-bond acceptors (Lipinski definition) is 2. The Morgan fingerprint density at radius 2 is 1.94 bits per heavy atom. The maximum Gasteiger partial charge on any atom is 0.165 e. The molecule has 0 saturated carbocycles. The molecule has 1 saturated heterocycles. The zero-order valence-corrected chi connectivity index (χ0v) is 9.17. The molecule has 3 rings (SSSR count). The van der Waals surface area contributed by atoms with Gasteiger partial charge in [-0.15, -0.1) is 0 Å². The van der Waals surface area contributed by atoms with Crippen molar-refractivity contribution in [3.8, 4) is 5.75 Å². The number of para-hydroxylation sites is 1. The molecular weight excluding hydrogens is 207 g/mol. The summed E-state index contributed by atoms with van der Waals surface area (Å²) >= 11 is 0. The molecule has 0 atom stereocenters. The van der Waals surface area contributed by atoms with Crippen molar-refractivity contribution in [3.05, 3.63) is 29.6 Å². The van der Waals surface area contributed by atoms with Crippen LogP contribution in [0.15, 0.2) is 18.2 Å². The minimum Gasteiger partial charge on any atom is -0.484 e. The Morgan fingerprint density at radius 3 is 2.75 bits per heavy atom. The predicted molar refractivity (Wildman–Crippen MR) is 58.1 cm³/mol. The second-order valence-corrected chi connectivity index (χ2v) is 4.63. The molecule has 1 aromatic carbocycles. The van der Waals surface area contributed by atoms with Crippen LogP contribution >= 0.6 is 0 Å². The van der Waals surface area contributed by atoms with Crippen LogP contribution in [0, 0.1) is 5.82 Å². The van der Waals surface area contributed by atoms with E-state index < -0.39 is 0 Å². The van der Waals surface area contributed by atoms with Crippen molar-refractivity contribution >= 4 is 0 Å². The van der Waals surface area contributed by atoms with Crippen molar-refractivity contribution in [1.82, 2.24) is 0 Å². The van der Waals surface area contributed by atoms with Crippen molar-refractivity contribution in [2.45, 2.75) is 31.3 Å². The lowest BCUT2D eigenvalue weighted by atomic mass is 9.85. The topological polar surface area (TPSA) is 18.5 Å². The third-order valence-corrected chi connectivity index (χ3v) is 3.62. The van der Waals surface area contributed by atoms with Crippen LogP contribution in [0.4, 0.5) is 4.39 Å². The Bertz CT molecular complexity index is 397. The molecule has 1 spiro atoms. The monoisotopic (exact) mass is 222 g/mol. The summed E-state index contributed by atoms with van der Waals surface area (Å²) in [4.78, 5) is 0. The van der Waals surface area contributed by atoms with Crippen LogP contribution in [-0.2, 0) is 11.2 Å². The number of benzene rings is 1. The smallest absolute Gasteiger partial charge is 0.165 e. The largest absolute Gasteiger partial charge is 0.484 e. The Balaban J connectivity index is 1.92. The van der Waals surface area contributed by atoms with Gasteiger partial charge >= 0.3 is 0 Å². The molecule has 0 bridgehead atoms. The van der Waals surface area contributed by atoms with Gasteiger partial charge in [0.15, 0.2) is 11.6 Å². The number of rotatable bonds is 0. The third-order valence-electron chi connectivity index (χ3n) is 3.62. The maximum atomic E-state index is 13.7. The Labute approximate surface area is 94.4 Å². The summed E-state index contributed by atoms with van der Waals surface area (Å²) in [5.74, 6) is 0.235. The fourth-order valence-corrected chi connectivity index (χ4v) is 2.59. The van der Waals surface area contributed by atoms with E-state index in [4.69, 9.17) is 9.47 Å². The number of ether oxygens (including phenoxy) is 2. The molecule has 0 N–H and O–H groups in total. The first kappa shape index (κ1) is 10.1. The van der Waals surface area contributed by atoms with E-state index in [1.807, 2.05) is 6.07 Å². The van der Waals surface area contributed by atoms with Gasteiger partial charge in [0.1, 0.15) is 5.60 Å². The van der Waals surface area contributed by atoms with E-state index in [0.29, 0.717) is 5.75 Å². The molecule has 1 fully saturated rings. The lowest BCUT2D eigenvalue weighted by Gasteiger charge is -2.41. The van der Waals surface area contributed by atoms with Gasteiger partial charge in [0.05, 0.1) is 13.2 Å². The molecule has 0 aromatic heterocycles. The van der Waals surface area contributed by atoms with Gasteiger partial charge in [-0.2, -0.15) is 0 Å². The summed E-state index contributed by atoms with van der Waals surface area (Å²) in [6.07, 6.45) is 3.64. The average molecular weight is 222 g/mol. The molecule has 2 nitrogen and oxygen atoms in total. The highest BCUT2D eigenvalue weighted by molar-refractivity contribution is 5.37. The van der Waals surface area contributed by atoms with Crippen molar-refractivity contribution in [1.29, 1.82) is 0 Å². The molecule has 86 valence electrons. The highest BCUT2D eigenvalue weighted by atomic mass is 19.1. The molecule has 0 unspecified atom stereocenters. The fourth-order valence-electron chi connectivity index (χ4n) is 2.59. The Kier molecular flexibility index (Phi) is 2.36. The standard InChI is InChI=1S/C13H15FO2/c14-11-3-1-2-10-4-5-13(16-12(10)11)6-8-15-9-7-13/h1-3H,4-9H2. The summed E-state index contributed by atoms with van der Waals surface area (Å²) in [5.41, 5.74) is 0.824. The van der Waals surface area contributed by atoms with E-state index in [-0.39, 0.29) is 11.4 Å². The lowest BCUT2D eigenvalue weighted by molar-refractivity contribution is -0.0589. The van der Waals surface area contributed by atoms with Gasteiger partial charge in [-0.05, 0) is 24.5 Å². The van der Waals surface area contributed by atoms with E-state index in [9.17, 15) is 4.39 Å². The molecule has 2 aliphatic rings. The van der Waals surface area contributed by atoms with Crippen LogP contribution in [0.5, 0.6) is 5.75 Å². The summed E-state index contributed by atoms with van der Waals surface area (Å²) in [6, 6.07) is 5.17. The van der Waals surface area contributed by atoms with Gasteiger partial charge in [-0.3, -0.25) is 0 Å². The zero-order chi connectivity index (χ0) is 11.0. The van der Waals surface area contributed by atoms with E-state index in [1.54, 1.807) is 6.07 Å². The number of halogens is 1. The van der Waals surface area contributed by atoms with Crippen molar-refractivity contribution in [2.24, 2.45) is 0 Å². The third kappa shape index (κ3) is 1.59. The van der Waals surface area contributed by atoms with Gasteiger partial charge in [-0.1, -0.05) is 12.1 Å². The second-order valence-electron chi connectivity index (χ2n) is 4.63. The molecule has 2 aliphatic heterocycles. The van der Waals surface area contributed by atoms with Crippen LogP contribution < -0.4 is 4.74 Å². The Morgan fingerprint density at radius 1 is 1.12 bits per heavy atom. The first-order chi connectivity index (χ1) is 7.79. The molecule has 1 aromatic rings. The van der Waals surface area contributed by atoms with Crippen LogP contribution in [0.3, 0.4) is 0 Å². The van der Waals surface area contributed by atoms with Crippen LogP contribution in [0.1, 0.15) is 24.8 Å². The fraction of sp³-hybridized carbons (Fsp3) is 0.538. The van der Waals surface area contributed by atoms with Gasteiger partial charge < -0.3 is 9.47 Å². The van der Waals surface area contributed by atoms with Crippen molar-refractivity contribution in [3.63, 3.8) is 0 Å². The molecule has 0 amide bonds. The molecule has 0 aliphatic carbocycles. The zero-order valence-electron chi connectivity index (χ0n) is 9.17. The summed E-state index contributed by atoms with van der Waals surface area (Å²) in [7, 11) is 0. The van der Waals surface area contributed by atoms with E-state index in [0.717, 1.165) is 44.5 Å². The van der Waals surface area contributed by atoms with Gasteiger partial charge in [0.2, 0.25) is 0 Å². The van der Waals surface area contributed by atoms with Gasteiger partial charge in [0, 0.05) is 12.8 Å². The highest BCUT2D eigenvalue weighted by Crippen LogP contribution is 2.39. The van der Waals surface area contributed by atoms with E-state index >= 15 is 0 Å². The quantitative estimate of drug-likeness (QED) is 0.672. The lowest BCUT2D eigenvalue weighted by Crippen LogP contribution is -2.44. The van der Waals surface area contributed by atoms with Crippen molar-refractivity contribution in [2.75, 3.05) is 13.2 Å². The average Bonchev–Trinajstić information content (AvgIpc) is 2.32. The number of aryl methyl sites for hydroxylation is 1. The minimum absolute atomic E-state index is 0.173. The second kappa shape index (κ2) is 3.74. The van der Waals surface area contributed by atoms with Crippen LogP contribution in [0.25, 0.3) is 0 Å². The molecule has 2 heterocycles. The van der Waals surface area contributed by atoms with Gasteiger partial charge in [0.25, 0.3) is 0 Å². The molecule has 3 heteroatoms. The Hall–Kier alpha value is -1.09. The first-order valence-electron chi connectivity index (χ1n) is 5.83. The van der Waals surface area contributed by atoms with E-state index in [2.05, 4.69) is 0 Å². The maximum absolute atomic E-state index is 13.7. The number of hydrogen-bond donors (Lipinski definition) is 0. The van der Waals surface area contributed by atoms with E-state index in [1.165, 1.54) is 6.07 Å². The molecule has 0 radical (unpaired) electrons. The van der Waals surface area contributed by atoms with Crippen LogP contribution in [-0.4, -0.2) is 18.8 Å². The normalized spacial score (nSPS) is 22.6. The summed E-state index contributed by atoms with van der Waals surface area (Å²) in [6.45, 7) is 1.45. The van der Waals surface area contributed by atoms with Crippen molar-refractivity contribution < 1.29 is 13.9 Å². The summed E-state index contributed by atoms with van der Waals surface area (Å²) in [5, 5.41) is 0. The molecular formula is C13H15FO2. The summed E-state index contributed by atoms with van der Waals surface area (Å²) < 4.78 is 24.9. The SMILES string of the molecule is Fc1cccc2c1OC1(CCOCC1)CC2. The van der Waals surface area contributed by atoms with Gasteiger partial charge in [-0.25, -0.2) is 4.39 Å². The first-order valence-corrected chi connectivity index (χ1v) is 5.83. The highest BCUT2D eigenvalue weighted by Gasteiger charge is 2.38. The number of fused-ring (bicyclic) bond motifs is 1. The molecule has 16 heavy (non-hydrogen) atoms. The minimum atomic E-state index is -0.233.